The quantitative estimate of drug-likeness (QED) is 0.480. The molecule has 0 atom stereocenters. The number of hydrogen-bond acceptors (Lipinski definition) is 1. The van der Waals surface area contributed by atoms with Gasteiger partial charge >= 0.3 is 0 Å². The summed E-state index contributed by atoms with van der Waals surface area (Å²) < 4.78 is 5.81. The highest BCUT2D eigenvalue weighted by Crippen LogP contribution is 2.34. The molecule has 1 aliphatic heterocycles. The zero-order chi connectivity index (χ0) is 18.5. The minimum atomic E-state index is 0.658. The Morgan fingerprint density at radius 1 is 0.692 bits per heavy atom. The van der Waals surface area contributed by atoms with E-state index in [2.05, 4.69) is 86.7 Å². The first kappa shape index (κ1) is 18.0. The third-order valence-electron chi connectivity index (χ3n) is 4.62. The van der Waals surface area contributed by atoms with Crippen LogP contribution in [0.5, 0.6) is 5.75 Å². The second-order valence-corrected chi connectivity index (χ2v) is 6.36. The number of benzene rings is 3. The first-order valence-corrected chi connectivity index (χ1v) is 9.32. The molecule has 26 heavy (non-hydrogen) atoms. The van der Waals surface area contributed by atoms with Crippen LogP contribution >= 0.6 is 0 Å². The van der Waals surface area contributed by atoms with Crippen molar-refractivity contribution >= 4 is 5.57 Å². The molecule has 1 heteroatoms. The van der Waals surface area contributed by atoms with Crippen LogP contribution in [-0.2, 0) is 0 Å². The van der Waals surface area contributed by atoms with Crippen LogP contribution in [0.3, 0.4) is 0 Å². The van der Waals surface area contributed by atoms with Crippen LogP contribution in [0.15, 0.2) is 72.8 Å². The van der Waals surface area contributed by atoms with Crippen molar-refractivity contribution in [1.29, 1.82) is 0 Å². The Hall–Kier alpha value is -2.80. The van der Waals surface area contributed by atoms with Gasteiger partial charge in [0.05, 0.1) is 0 Å². The molecule has 1 aliphatic rings. The van der Waals surface area contributed by atoms with E-state index in [0.717, 1.165) is 5.75 Å². The van der Waals surface area contributed by atoms with Crippen LogP contribution in [0.25, 0.3) is 27.8 Å². The zero-order valence-electron chi connectivity index (χ0n) is 16.0. The Kier molecular flexibility index (Phi) is 5.58. The largest absolute Gasteiger partial charge is 0.489 e. The molecular weight excluding hydrogens is 316 g/mol. The summed E-state index contributed by atoms with van der Waals surface area (Å²) in [6.45, 7) is 8.91. The van der Waals surface area contributed by atoms with Crippen molar-refractivity contribution in [3.05, 3.63) is 83.9 Å². The maximum absolute atomic E-state index is 5.81. The second kappa shape index (κ2) is 8.05. The number of rotatable bonds is 2. The predicted octanol–water partition coefficient (Wildman–Crippen LogP) is 7.15. The molecule has 3 aromatic rings. The second-order valence-electron chi connectivity index (χ2n) is 6.36. The first-order chi connectivity index (χ1) is 12.7. The lowest BCUT2D eigenvalue weighted by Crippen LogP contribution is -2.03. The van der Waals surface area contributed by atoms with E-state index in [1.807, 2.05) is 13.8 Å². The molecule has 132 valence electrons. The van der Waals surface area contributed by atoms with E-state index in [1.165, 1.54) is 39.0 Å². The third-order valence-corrected chi connectivity index (χ3v) is 4.62. The van der Waals surface area contributed by atoms with Crippen molar-refractivity contribution in [2.45, 2.75) is 27.7 Å². The van der Waals surface area contributed by atoms with Gasteiger partial charge in [-0.3, -0.25) is 0 Å². The molecule has 0 N–H and O–H groups in total. The zero-order valence-corrected chi connectivity index (χ0v) is 16.0. The summed E-state index contributed by atoms with van der Waals surface area (Å²) in [7, 11) is 0. The van der Waals surface area contributed by atoms with Gasteiger partial charge in [0.2, 0.25) is 0 Å². The van der Waals surface area contributed by atoms with Gasteiger partial charge in [0, 0.05) is 5.56 Å². The normalized spacial score (nSPS) is 12.2. The van der Waals surface area contributed by atoms with Gasteiger partial charge in [0.15, 0.2) is 0 Å². The molecule has 4 rings (SSSR count). The molecule has 0 aliphatic carbocycles. The summed E-state index contributed by atoms with van der Waals surface area (Å²) in [6.07, 6.45) is 2.13. The van der Waals surface area contributed by atoms with Crippen LogP contribution in [0.4, 0.5) is 0 Å². The van der Waals surface area contributed by atoms with Crippen LogP contribution in [-0.4, -0.2) is 6.61 Å². The maximum Gasteiger partial charge on any atom is 0.127 e. The summed E-state index contributed by atoms with van der Waals surface area (Å²) >= 11 is 0. The van der Waals surface area contributed by atoms with Gasteiger partial charge in [-0.25, -0.2) is 0 Å². The molecule has 0 saturated heterocycles. The van der Waals surface area contributed by atoms with E-state index in [1.54, 1.807) is 0 Å². The summed E-state index contributed by atoms with van der Waals surface area (Å²) in [6, 6.07) is 23.9. The van der Waals surface area contributed by atoms with Crippen LogP contribution < -0.4 is 4.74 Å². The molecule has 0 aromatic heterocycles. The van der Waals surface area contributed by atoms with Gasteiger partial charge in [-0.2, -0.15) is 0 Å². The monoisotopic (exact) mass is 342 g/mol. The van der Waals surface area contributed by atoms with E-state index in [9.17, 15) is 0 Å². The molecule has 1 nitrogen and oxygen atoms in total. The summed E-state index contributed by atoms with van der Waals surface area (Å²) in [5.41, 5.74) is 8.66. The Morgan fingerprint density at radius 2 is 1.31 bits per heavy atom. The highest BCUT2D eigenvalue weighted by atomic mass is 16.5. The Morgan fingerprint density at radius 3 is 2.04 bits per heavy atom. The summed E-state index contributed by atoms with van der Waals surface area (Å²) in [4.78, 5) is 0. The Balaban J connectivity index is 0.000000948. The molecular formula is C25H26O. The van der Waals surface area contributed by atoms with Crippen molar-refractivity contribution in [3.63, 3.8) is 0 Å². The number of ether oxygens (including phenoxy) is 1. The van der Waals surface area contributed by atoms with Crippen molar-refractivity contribution in [2.75, 3.05) is 6.61 Å². The molecule has 0 fully saturated rings. The van der Waals surface area contributed by atoms with Crippen LogP contribution in [0.2, 0.25) is 0 Å². The topological polar surface area (TPSA) is 9.23 Å². The molecule has 0 saturated carbocycles. The molecule has 0 spiro atoms. The van der Waals surface area contributed by atoms with E-state index in [4.69, 9.17) is 4.74 Å². The fourth-order valence-corrected chi connectivity index (χ4v) is 3.14. The van der Waals surface area contributed by atoms with E-state index in [-0.39, 0.29) is 0 Å². The van der Waals surface area contributed by atoms with E-state index < -0.39 is 0 Å². The SMILES string of the molecule is CC.CC1=CCOc2cc(-c3cccc(-c4ccc(C)cc4)c3)ccc21. The molecule has 0 bridgehead atoms. The van der Waals surface area contributed by atoms with Gasteiger partial charge in [-0.1, -0.05) is 74.0 Å². The molecule has 3 aromatic carbocycles. The fraction of sp³-hybridized carbons (Fsp3) is 0.200. The van der Waals surface area contributed by atoms with Gasteiger partial charge in [-0.15, -0.1) is 0 Å². The minimum Gasteiger partial charge on any atom is -0.489 e. The standard InChI is InChI=1S/C23H20O.C2H6/c1-16-6-8-18(9-7-16)19-4-3-5-20(14-19)21-10-11-22-17(2)12-13-24-23(22)15-21;1-2/h3-12,14-15H,13H2,1-2H3;1-2H3. The Labute approximate surface area is 157 Å². The summed E-state index contributed by atoms with van der Waals surface area (Å²) in [5.74, 6) is 0.980. The fourth-order valence-electron chi connectivity index (χ4n) is 3.14. The average molecular weight is 342 g/mol. The number of hydrogen-bond donors (Lipinski definition) is 0. The Bertz CT molecular complexity index is 917. The number of fused-ring (bicyclic) bond motifs is 1. The van der Waals surface area contributed by atoms with Crippen molar-refractivity contribution < 1.29 is 4.74 Å². The number of aryl methyl sites for hydroxylation is 1. The lowest BCUT2D eigenvalue weighted by molar-refractivity contribution is 0.357. The minimum absolute atomic E-state index is 0.658. The molecule has 1 heterocycles. The van der Waals surface area contributed by atoms with Crippen LogP contribution in [0.1, 0.15) is 31.9 Å². The lowest BCUT2D eigenvalue weighted by Gasteiger charge is -2.17. The van der Waals surface area contributed by atoms with Gasteiger partial charge in [0.1, 0.15) is 12.4 Å². The molecule has 0 radical (unpaired) electrons. The molecule has 0 unspecified atom stereocenters. The first-order valence-electron chi connectivity index (χ1n) is 9.32. The maximum atomic E-state index is 5.81. The number of allylic oxidation sites excluding steroid dienone is 1. The van der Waals surface area contributed by atoms with Crippen LogP contribution in [0, 0.1) is 6.92 Å². The van der Waals surface area contributed by atoms with Gasteiger partial charge in [-0.05, 0) is 59.9 Å². The van der Waals surface area contributed by atoms with Gasteiger partial charge < -0.3 is 4.74 Å². The van der Waals surface area contributed by atoms with Crippen molar-refractivity contribution in [2.24, 2.45) is 0 Å². The smallest absolute Gasteiger partial charge is 0.127 e. The highest BCUT2D eigenvalue weighted by Gasteiger charge is 2.12. The lowest BCUT2D eigenvalue weighted by atomic mass is 9.96. The molecule has 0 amide bonds. The van der Waals surface area contributed by atoms with Crippen molar-refractivity contribution in [1.82, 2.24) is 0 Å². The van der Waals surface area contributed by atoms with E-state index >= 15 is 0 Å². The third kappa shape index (κ3) is 3.72. The average Bonchev–Trinajstić information content (AvgIpc) is 2.70. The van der Waals surface area contributed by atoms with Gasteiger partial charge in [0.25, 0.3) is 0 Å². The predicted molar refractivity (Wildman–Crippen MR) is 113 cm³/mol. The highest BCUT2D eigenvalue weighted by molar-refractivity contribution is 5.78. The summed E-state index contributed by atoms with van der Waals surface area (Å²) in [5, 5.41) is 0. The van der Waals surface area contributed by atoms with E-state index in [0.29, 0.717) is 6.61 Å². The van der Waals surface area contributed by atoms with Crippen molar-refractivity contribution in [3.8, 4) is 28.0 Å².